The highest BCUT2D eigenvalue weighted by molar-refractivity contribution is 6.29. The molecule has 1 aromatic heterocycles. The molecule has 2 aromatic carbocycles. The molecule has 3 rings (SSSR count). The number of alkyl halides is 1. The van der Waals surface area contributed by atoms with Gasteiger partial charge in [-0.2, -0.15) is 0 Å². The third-order valence-corrected chi connectivity index (χ3v) is 3.71. The number of aromatic nitrogens is 1. The number of hydrogen-bond donors (Lipinski definition) is 1. The molecule has 0 aliphatic carbocycles. The number of anilines is 1. The standard InChI is InChI=1S/C18H14ClFN2O3/c1-24-15-7-12(5-13(20)8-15)16-9-17(25-22-16)11-3-2-4-14(6-11)21-18(23)10-19/h2-9H,10H2,1H3,(H,21,23). The van der Waals surface area contributed by atoms with Crippen molar-refractivity contribution in [3.63, 3.8) is 0 Å². The van der Waals surface area contributed by atoms with Crippen molar-refractivity contribution in [2.75, 3.05) is 18.3 Å². The third kappa shape index (κ3) is 3.97. The highest BCUT2D eigenvalue weighted by atomic mass is 35.5. The van der Waals surface area contributed by atoms with Crippen LogP contribution in [-0.4, -0.2) is 24.1 Å². The molecule has 0 atom stereocenters. The van der Waals surface area contributed by atoms with E-state index >= 15 is 0 Å². The summed E-state index contributed by atoms with van der Waals surface area (Å²) in [5, 5.41) is 6.64. The van der Waals surface area contributed by atoms with Gasteiger partial charge in [0.2, 0.25) is 5.91 Å². The Morgan fingerprint density at radius 2 is 2.08 bits per heavy atom. The highest BCUT2D eigenvalue weighted by Crippen LogP contribution is 2.30. The van der Waals surface area contributed by atoms with Crippen molar-refractivity contribution in [2.24, 2.45) is 0 Å². The molecule has 0 bridgehead atoms. The van der Waals surface area contributed by atoms with E-state index in [4.69, 9.17) is 20.9 Å². The number of nitrogens with one attached hydrogen (secondary N) is 1. The van der Waals surface area contributed by atoms with Crippen molar-refractivity contribution in [1.82, 2.24) is 5.16 Å². The van der Waals surface area contributed by atoms with Crippen molar-refractivity contribution < 1.29 is 18.4 Å². The summed E-state index contributed by atoms with van der Waals surface area (Å²) in [5.74, 6) is 0.0251. The zero-order chi connectivity index (χ0) is 17.8. The molecule has 128 valence electrons. The highest BCUT2D eigenvalue weighted by Gasteiger charge is 2.12. The number of ether oxygens (including phenoxy) is 1. The van der Waals surface area contributed by atoms with Crippen LogP contribution in [0.2, 0.25) is 0 Å². The zero-order valence-corrected chi connectivity index (χ0v) is 14.0. The molecule has 0 aliphatic rings. The molecular weight excluding hydrogens is 347 g/mol. The molecule has 0 saturated carbocycles. The van der Waals surface area contributed by atoms with Crippen molar-refractivity contribution in [2.45, 2.75) is 0 Å². The topological polar surface area (TPSA) is 64.4 Å². The Balaban J connectivity index is 1.90. The molecule has 0 radical (unpaired) electrons. The largest absolute Gasteiger partial charge is 0.497 e. The SMILES string of the molecule is COc1cc(F)cc(-c2cc(-c3cccc(NC(=O)CCl)c3)on2)c1. The number of methoxy groups -OCH3 is 1. The average Bonchev–Trinajstić information content (AvgIpc) is 3.11. The molecule has 1 N–H and O–H groups in total. The summed E-state index contributed by atoms with van der Waals surface area (Å²) < 4.78 is 24.1. The van der Waals surface area contributed by atoms with Crippen LogP contribution in [0, 0.1) is 5.82 Å². The second-order valence-electron chi connectivity index (χ2n) is 5.22. The second-order valence-corrected chi connectivity index (χ2v) is 5.49. The fourth-order valence-corrected chi connectivity index (χ4v) is 2.39. The van der Waals surface area contributed by atoms with Gasteiger partial charge in [-0.3, -0.25) is 4.79 Å². The molecule has 0 fully saturated rings. The number of carbonyl (C=O) groups excluding carboxylic acids is 1. The molecule has 0 spiro atoms. The number of amides is 1. The fraction of sp³-hybridized carbons (Fsp3) is 0.111. The number of nitrogens with zero attached hydrogens (tertiary/aromatic N) is 1. The molecule has 3 aromatic rings. The van der Waals surface area contributed by atoms with Gasteiger partial charge in [0.1, 0.15) is 23.1 Å². The van der Waals surface area contributed by atoms with Gasteiger partial charge in [0, 0.05) is 28.9 Å². The van der Waals surface area contributed by atoms with Crippen LogP contribution in [0.4, 0.5) is 10.1 Å². The molecule has 0 aliphatic heterocycles. The number of halogens is 2. The van der Waals surface area contributed by atoms with E-state index in [9.17, 15) is 9.18 Å². The normalized spacial score (nSPS) is 10.5. The molecule has 25 heavy (non-hydrogen) atoms. The Morgan fingerprint density at radius 1 is 1.24 bits per heavy atom. The van der Waals surface area contributed by atoms with Gasteiger partial charge in [0.15, 0.2) is 5.76 Å². The monoisotopic (exact) mass is 360 g/mol. The van der Waals surface area contributed by atoms with E-state index in [0.29, 0.717) is 28.5 Å². The minimum absolute atomic E-state index is 0.127. The van der Waals surface area contributed by atoms with Gasteiger partial charge in [-0.05, 0) is 24.3 Å². The molecule has 1 heterocycles. The zero-order valence-electron chi connectivity index (χ0n) is 13.3. The molecule has 0 saturated heterocycles. The summed E-state index contributed by atoms with van der Waals surface area (Å²) in [5.41, 5.74) is 2.32. The first-order valence-electron chi connectivity index (χ1n) is 7.37. The summed E-state index contributed by atoms with van der Waals surface area (Å²) in [6, 6.07) is 13.1. The van der Waals surface area contributed by atoms with Gasteiger partial charge in [0.05, 0.1) is 7.11 Å². The van der Waals surface area contributed by atoms with Crippen molar-refractivity contribution >= 4 is 23.2 Å². The van der Waals surface area contributed by atoms with Crippen LogP contribution in [-0.2, 0) is 4.79 Å². The van der Waals surface area contributed by atoms with Crippen molar-refractivity contribution in [3.05, 3.63) is 54.3 Å². The maximum atomic E-state index is 13.6. The minimum atomic E-state index is -0.426. The van der Waals surface area contributed by atoms with Crippen LogP contribution in [0.5, 0.6) is 5.75 Å². The third-order valence-electron chi connectivity index (χ3n) is 3.47. The van der Waals surface area contributed by atoms with Gasteiger partial charge in [0.25, 0.3) is 0 Å². The van der Waals surface area contributed by atoms with E-state index in [1.807, 2.05) is 6.07 Å². The fourth-order valence-electron chi connectivity index (χ4n) is 2.32. The first kappa shape index (κ1) is 17.0. The summed E-state index contributed by atoms with van der Waals surface area (Å²) in [4.78, 5) is 11.4. The Bertz CT molecular complexity index is 911. The van der Waals surface area contributed by atoms with E-state index in [-0.39, 0.29) is 11.8 Å². The lowest BCUT2D eigenvalue weighted by atomic mass is 10.1. The molecule has 0 unspecified atom stereocenters. The smallest absolute Gasteiger partial charge is 0.239 e. The predicted molar refractivity (Wildman–Crippen MR) is 93.2 cm³/mol. The van der Waals surface area contributed by atoms with Gasteiger partial charge >= 0.3 is 0 Å². The van der Waals surface area contributed by atoms with Gasteiger partial charge in [-0.1, -0.05) is 17.3 Å². The summed E-state index contributed by atoms with van der Waals surface area (Å²) >= 11 is 5.49. The van der Waals surface area contributed by atoms with Crippen LogP contribution >= 0.6 is 11.6 Å². The first-order valence-corrected chi connectivity index (χ1v) is 7.90. The minimum Gasteiger partial charge on any atom is -0.497 e. The van der Waals surface area contributed by atoms with Crippen LogP contribution < -0.4 is 10.1 Å². The quantitative estimate of drug-likeness (QED) is 0.688. The summed E-state index contributed by atoms with van der Waals surface area (Å²) in [7, 11) is 1.47. The Kier molecular flexibility index (Phi) is 5.00. The van der Waals surface area contributed by atoms with Gasteiger partial charge in [-0.25, -0.2) is 4.39 Å². The van der Waals surface area contributed by atoms with E-state index in [0.717, 1.165) is 5.56 Å². The van der Waals surface area contributed by atoms with E-state index in [2.05, 4.69) is 10.5 Å². The molecule has 7 heteroatoms. The predicted octanol–water partition coefficient (Wildman–Crippen LogP) is 4.33. The van der Waals surface area contributed by atoms with E-state index in [1.54, 1.807) is 30.3 Å². The first-order chi connectivity index (χ1) is 12.1. The Labute approximate surface area is 148 Å². The van der Waals surface area contributed by atoms with E-state index in [1.165, 1.54) is 19.2 Å². The lowest BCUT2D eigenvalue weighted by molar-refractivity contribution is -0.113. The summed E-state index contributed by atoms with van der Waals surface area (Å²) in [6.07, 6.45) is 0. The molecule has 5 nitrogen and oxygen atoms in total. The van der Waals surface area contributed by atoms with Crippen molar-refractivity contribution in [3.8, 4) is 28.3 Å². The van der Waals surface area contributed by atoms with Gasteiger partial charge < -0.3 is 14.6 Å². The Hall–Kier alpha value is -2.86. The van der Waals surface area contributed by atoms with E-state index < -0.39 is 5.82 Å². The Morgan fingerprint density at radius 3 is 2.84 bits per heavy atom. The van der Waals surface area contributed by atoms with Crippen LogP contribution in [0.25, 0.3) is 22.6 Å². The second kappa shape index (κ2) is 7.36. The number of carbonyl (C=O) groups is 1. The maximum absolute atomic E-state index is 13.6. The van der Waals surface area contributed by atoms with Crippen LogP contribution in [0.15, 0.2) is 53.1 Å². The maximum Gasteiger partial charge on any atom is 0.239 e. The lowest BCUT2D eigenvalue weighted by Gasteiger charge is -2.04. The summed E-state index contributed by atoms with van der Waals surface area (Å²) in [6.45, 7) is 0. The number of benzene rings is 2. The lowest BCUT2D eigenvalue weighted by Crippen LogP contribution is -2.12. The average molecular weight is 361 g/mol. The molecular formula is C18H14ClFN2O3. The van der Waals surface area contributed by atoms with Gasteiger partial charge in [-0.15, -0.1) is 11.6 Å². The van der Waals surface area contributed by atoms with Crippen LogP contribution in [0.3, 0.4) is 0 Å². The van der Waals surface area contributed by atoms with Crippen molar-refractivity contribution in [1.29, 1.82) is 0 Å². The van der Waals surface area contributed by atoms with Crippen LogP contribution in [0.1, 0.15) is 0 Å². The molecule has 1 amide bonds. The number of rotatable bonds is 5. The number of hydrogen-bond acceptors (Lipinski definition) is 4.